The highest BCUT2D eigenvalue weighted by atomic mass is 32.1. The summed E-state index contributed by atoms with van der Waals surface area (Å²) in [5.41, 5.74) is 7.17. The van der Waals surface area contributed by atoms with E-state index in [0.29, 0.717) is 0 Å². The van der Waals surface area contributed by atoms with Crippen LogP contribution < -0.4 is 21.7 Å². The fourth-order valence-corrected chi connectivity index (χ4v) is 2.90. The molecule has 0 saturated heterocycles. The second kappa shape index (κ2) is 10.6. The van der Waals surface area contributed by atoms with Gasteiger partial charge in [0.25, 0.3) is 0 Å². The van der Waals surface area contributed by atoms with Gasteiger partial charge in [-0.25, -0.2) is 0 Å². The Morgan fingerprint density at radius 3 is 2.53 bits per heavy atom. The van der Waals surface area contributed by atoms with Gasteiger partial charge in [0.05, 0.1) is 12.6 Å². The quantitative estimate of drug-likeness (QED) is 0.240. The highest BCUT2D eigenvalue weighted by Gasteiger charge is 2.26. The monoisotopic (exact) mass is 435 g/mol. The minimum Gasteiger partial charge on any atom is -0.480 e. The van der Waals surface area contributed by atoms with Crippen LogP contribution in [0.25, 0.3) is 10.9 Å². The van der Waals surface area contributed by atoms with Gasteiger partial charge in [-0.15, -0.1) is 0 Å². The predicted molar refractivity (Wildman–Crippen MR) is 114 cm³/mol. The van der Waals surface area contributed by atoms with Crippen LogP contribution in [0.15, 0.2) is 30.5 Å². The molecular formula is C19H25N5O5S. The number of hydrogen-bond donors (Lipinski definition) is 7. The molecule has 1 heterocycles. The van der Waals surface area contributed by atoms with Crippen LogP contribution in [0.2, 0.25) is 0 Å². The molecule has 0 saturated carbocycles. The van der Waals surface area contributed by atoms with E-state index in [2.05, 4.69) is 33.6 Å². The molecule has 1 aromatic heterocycles. The van der Waals surface area contributed by atoms with Gasteiger partial charge in [-0.1, -0.05) is 18.2 Å². The number of carbonyl (C=O) groups excluding carboxylic acids is 3. The normalized spacial score (nSPS) is 13.8. The summed E-state index contributed by atoms with van der Waals surface area (Å²) in [6, 6.07) is 4.42. The van der Waals surface area contributed by atoms with Crippen molar-refractivity contribution in [3.8, 4) is 0 Å². The number of nitrogens with two attached hydrogens (primary N) is 1. The van der Waals surface area contributed by atoms with E-state index in [4.69, 9.17) is 10.8 Å². The molecule has 0 aliphatic heterocycles. The van der Waals surface area contributed by atoms with Crippen molar-refractivity contribution in [2.45, 2.75) is 31.5 Å². The standard InChI is InChI=1S/C19H25N5O5S/c1-10(19(28)29)23-18(27)15(24-16(25)8-22-17(26)13(20)9-30)6-11-7-21-14-5-3-2-4-12(11)14/h2-5,7,10,13,15,21,30H,6,8-9,20H2,1H3,(H,22,26)(H,23,27)(H,24,25)(H,28,29). The van der Waals surface area contributed by atoms with Gasteiger partial charge >= 0.3 is 5.97 Å². The molecule has 162 valence electrons. The molecule has 0 fully saturated rings. The zero-order valence-electron chi connectivity index (χ0n) is 16.3. The number of H-pyrrole nitrogens is 1. The van der Waals surface area contributed by atoms with Crippen LogP contribution >= 0.6 is 12.6 Å². The van der Waals surface area contributed by atoms with Crippen LogP contribution in [0, 0.1) is 0 Å². The highest BCUT2D eigenvalue weighted by molar-refractivity contribution is 7.80. The number of carboxylic acid groups (broad SMARTS) is 1. The maximum atomic E-state index is 12.6. The van der Waals surface area contributed by atoms with Crippen LogP contribution in [0.4, 0.5) is 0 Å². The van der Waals surface area contributed by atoms with Crippen molar-refractivity contribution in [2.75, 3.05) is 12.3 Å². The summed E-state index contributed by atoms with van der Waals surface area (Å²) in [7, 11) is 0. The maximum absolute atomic E-state index is 12.6. The second-order valence-corrected chi connectivity index (χ2v) is 7.12. The number of nitrogens with one attached hydrogen (secondary N) is 4. The van der Waals surface area contributed by atoms with E-state index in [1.807, 2.05) is 24.3 Å². The van der Waals surface area contributed by atoms with Gasteiger partial charge in [0.2, 0.25) is 17.7 Å². The average molecular weight is 436 g/mol. The van der Waals surface area contributed by atoms with Gasteiger partial charge in [0.1, 0.15) is 12.1 Å². The van der Waals surface area contributed by atoms with Crippen molar-refractivity contribution in [3.63, 3.8) is 0 Å². The molecule has 2 aromatic rings. The minimum absolute atomic E-state index is 0.117. The third kappa shape index (κ3) is 6.22. The summed E-state index contributed by atoms with van der Waals surface area (Å²) in [5, 5.41) is 17.2. The molecule has 0 radical (unpaired) electrons. The van der Waals surface area contributed by atoms with E-state index in [1.54, 1.807) is 6.20 Å². The van der Waals surface area contributed by atoms with Crippen molar-refractivity contribution in [1.29, 1.82) is 0 Å². The number of aromatic nitrogens is 1. The number of carboxylic acids is 1. The Hall–Kier alpha value is -3.05. The van der Waals surface area contributed by atoms with E-state index in [0.717, 1.165) is 16.5 Å². The first-order valence-electron chi connectivity index (χ1n) is 9.24. The molecule has 0 spiro atoms. The maximum Gasteiger partial charge on any atom is 0.325 e. The van der Waals surface area contributed by atoms with Gasteiger partial charge in [-0.2, -0.15) is 12.6 Å². The second-order valence-electron chi connectivity index (χ2n) is 6.76. The lowest BCUT2D eigenvalue weighted by Crippen LogP contribution is -2.54. The Labute approximate surface area is 178 Å². The first kappa shape index (κ1) is 23.2. The van der Waals surface area contributed by atoms with Crippen molar-refractivity contribution < 1.29 is 24.3 Å². The zero-order chi connectivity index (χ0) is 22.3. The van der Waals surface area contributed by atoms with Crippen molar-refractivity contribution in [3.05, 3.63) is 36.0 Å². The molecule has 3 amide bonds. The smallest absolute Gasteiger partial charge is 0.325 e. The average Bonchev–Trinajstić information content (AvgIpc) is 3.13. The van der Waals surface area contributed by atoms with E-state index in [9.17, 15) is 19.2 Å². The van der Waals surface area contributed by atoms with Gasteiger partial charge in [0.15, 0.2) is 0 Å². The highest BCUT2D eigenvalue weighted by Crippen LogP contribution is 2.19. The van der Waals surface area contributed by atoms with E-state index >= 15 is 0 Å². The van der Waals surface area contributed by atoms with Gasteiger partial charge in [-0.05, 0) is 18.6 Å². The van der Waals surface area contributed by atoms with Crippen molar-refractivity contribution in [1.82, 2.24) is 20.9 Å². The fraction of sp³-hybridized carbons (Fsp3) is 0.368. The van der Waals surface area contributed by atoms with Crippen LogP contribution in [-0.4, -0.2) is 64.2 Å². The van der Waals surface area contributed by atoms with Crippen LogP contribution in [0.1, 0.15) is 12.5 Å². The van der Waals surface area contributed by atoms with Gasteiger partial charge < -0.3 is 31.8 Å². The molecule has 3 unspecified atom stereocenters. The first-order valence-corrected chi connectivity index (χ1v) is 9.87. The summed E-state index contributed by atoms with van der Waals surface area (Å²) >= 11 is 3.92. The molecule has 0 bridgehead atoms. The lowest BCUT2D eigenvalue weighted by atomic mass is 10.0. The Morgan fingerprint density at radius 1 is 1.17 bits per heavy atom. The Morgan fingerprint density at radius 2 is 1.87 bits per heavy atom. The number of carbonyl (C=O) groups is 4. The minimum atomic E-state index is -1.20. The molecule has 2 rings (SSSR count). The molecule has 11 heteroatoms. The number of thiol groups is 1. The number of para-hydroxylation sites is 1. The topological polar surface area (TPSA) is 166 Å². The Balaban J connectivity index is 2.12. The number of rotatable bonds is 10. The van der Waals surface area contributed by atoms with Crippen LogP contribution in [0.3, 0.4) is 0 Å². The molecule has 7 N–H and O–H groups in total. The third-order valence-corrected chi connectivity index (χ3v) is 4.83. The third-order valence-electron chi connectivity index (χ3n) is 4.44. The zero-order valence-corrected chi connectivity index (χ0v) is 17.2. The van der Waals surface area contributed by atoms with E-state index in [1.165, 1.54) is 6.92 Å². The van der Waals surface area contributed by atoms with Crippen LogP contribution in [0.5, 0.6) is 0 Å². The predicted octanol–water partition coefficient (Wildman–Crippen LogP) is -0.842. The molecule has 30 heavy (non-hydrogen) atoms. The first-order chi connectivity index (χ1) is 14.2. The lowest BCUT2D eigenvalue weighted by molar-refractivity contribution is -0.141. The number of fused-ring (bicyclic) bond motifs is 1. The molecule has 3 atom stereocenters. The number of benzene rings is 1. The molecular weight excluding hydrogens is 410 g/mol. The van der Waals surface area contributed by atoms with Gasteiger partial charge in [0, 0.05) is 29.3 Å². The van der Waals surface area contributed by atoms with Crippen molar-refractivity contribution in [2.24, 2.45) is 5.73 Å². The van der Waals surface area contributed by atoms with Crippen LogP contribution in [-0.2, 0) is 25.6 Å². The number of aliphatic carboxylic acids is 1. The summed E-state index contributed by atoms with van der Waals surface area (Å²) in [6.07, 6.45) is 1.85. The SMILES string of the molecule is CC(NC(=O)C(Cc1c[nH]c2ccccc12)NC(=O)CNC(=O)C(N)CS)C(=O)O. The van der Waals surface area contributed by atoms with E-state index < -0.39 is 41.8 Å². The van der Waals surface area contributed by atoms with E-state index in [-0.39, 0.29) is 18.7 Å². The van der Waals surface area contributed by atoms with Gasteiger partial charge in [-0.3, -0.25) is 19.2 Å². The molecule has 0 aliphatic rings. The summed E-state index contributed by atoms with van der Waals surface area (Å²) in [5.74, 6) is -2.89. The lowest BCUT2D eigenvalue weighted by Gasteiger charge is -2.20. The molecule has 10 nitrogen and oxygen atoms in total. The summed E-state index contributed by atoms with van der Waals surface area (Å²) in [6.45, 7) is 0.941. The Bertz CT molecular complexity index is 931. The molecule has 1 aromatic carbocycles. The number of amides is 3. The molecule has 0 aliphatic carbocycles. The number of hydrogen-bond acceptors (Lipinski definition) is 6. The summed E-state index contributed by atoms with van der Waals surface area (Å²) in [4.78, 5) is 50.8. The fourth-order valence-electron chi connectivity index (χ4n) is 2.73. The Kier molecular flexibility index (Phi) is 8.25. The summed E-state index contributed by atoms with van der Waals surface area (Å²) < 4.78 is 0. The number of aromatic amines is 1. The largest absolute Gasteiger partial charge is 0.480 e. The van der Waals surface area contributed by atoms with Crippen molar-refractivity contribution >= 4 is 47.2 Å².